The van der Waals surface area contributed by atoms with Crippen LogP contribution in [0, 0.1) is 0 Å². The molecule has 70 valence electrons. The minimum Gasteiger partial charge on any atom is -0.375 e. The summed E-state index contributed by atoms with van der Waals surface area (Å²) in [6.45, 7) is 4.98. The van der Waals surface area contributed by atoms with Crippen molar-refractivity contribution in [2.45, 2.75) is 13.0 Å². The summed E-state index contributed by atoms with van der Waals surface area (Å²) in [6.07, 6.45) is 0.356. The number of hydrogen-bond acceptors (Lipinski definition) is 2. The van der Waals surface area contributed by atoms with Crippen LogP contribution in [0.3, 0.4) is 0 Å². The fraction of sp³-hybridized carbons (Fsp3) is 0.455. The molecule has 1 aromatic rings. The van der Waals surface area contributed by atoms with E-state index < -0.39 is 0 Å². The van der Waals surface area contributed by atoms with Gasteiger partial charge in [-0.25, -0.2) is 0 Å². The Bertz CT molecular complexity index is 260. The van der Waals surface area contributed by atoms with Crippen LogP contribution in [0.5, 0.6) is 0 Å². The smallest absolute Gasteiger partial charge is 0.0722 e. The SMILES string of the molecule is CC1CN(c2ccccc2)CCO1. The van der Waals surface area contributed by atoms with Gasteiger partial charge in [0.2, 0.25) is 0 Å². The number of ether oxygens (including phenoxy) is 1. The van der Waals surface area contributed by atoms with Crippen LogP contribution in [0.4, 0.5) is 5.69 Å². The fourth-order valence-electron chi connectivity index (χ4n) is 1.69. The first-order valence-electron chi connectivity index (χ1n) is 4.78. The molecule has 1 aromatic carbocycles. The number of nitrogens with zero attached hydrogens (tertiary/aromatic N) is 1. The second kappa shape index (κ2) is 3.79. The first-order chi connectivity index (χ1) is 6.36. The molecule has 1 atom stereocenters. The number of morpholine rings is 1. The van der Waals surface area contributed by atoms with Crippen LogP contribution in [0.25, 0.3) is 0 Å². The second-order valence-electron chi connectivity index (χ2n) is 3.46. The summed E-state index contributed by atoms with van der Waals surface area (Å²) in [5.41, 5.74) is 1.30. The Balaban J connectivity index is 2.08. The Hall–Kier alpha value is -1.02. The van der Waals surface area contributed by atoms with Crippen LogP contribution in [0.15, 0.2) is 30.3 Å². The minimum atomic E-state index is 0.356. The van der Waals surface area contributed by atoms with Gasteiger partial charge in [-0.2, -0.15) is 0 Å². The number of hydrogen-bond donors (Lipinski definition) is 0. The maximum atomic E-state index is 5.49. The molecular formula is C11H15NO. The molecular weight excluding hydrogens is 162 g/mol. The molecule has 0 aromatic heterocycles. The highest BCUT2D eigenvalue weighted by Crippen LogP contribution is 2.16. The van der Waals surface area contributed by atoms with Gasteiger partial charge in [-0.3, -0.25) is 0 Å². The zero-order valence-corrected chi connectivity index (χ0v) is 7.94. The molecule has 1 saturated heterocycles. The summed E-state index contributed by atoms with van der Waals surface area (Å²) in [5.74, 6) is 0. The maximum Gasteiger partial charge on any atom is 0.0722 e. The van der Waals surface area contributed by atoms with E-state index in [1.54, 1.807) is 0 Å². The lowest BCUT2D eigenvalue weighted by atomic mass is 10.2. The highest BCUT2D eigenvalue weighted by Gasteiger charge is 2.16. The Labute approximate surface area is 79.1 Å². The molecule has 1 aliphatic rings. The van der Waals surface area contributed by atoms with Crippen LogP contribution in [-0.4, -0.2) is 25.8 Å². The van der Waals surface area contributed by atoms with E-state index in [0.717, 1.165) is 19.7 Å². The zero-order chi connectivity index (χ0) is 9.10. The van der Waals surface area contributed by atoms with E-state index in [0.29, 0.717) is 6.10 Å². The van der Waals surface area contributed by atoms with Crippen molar-refractivity contribution in [2.24, 2.45) is 0 Å². The van der Waals surface area contributed by atoms with Crippen molar-refractivity contribution in [2.75, 3.05) is 24.6 Å². The number of para-hydroxylation sites is 1. The predicted molar refractivity (Wildman–Crippen MR) is 54.1 cm³/mol. The quantitative estimate of drug-likeness (QED) is 0.649. The summed E-state index contributed by atoms with van der Waals surface area (Å²) in [4.78, 5) is 2.37. The predicted octanol–water partition coefficient (Wildman–Crippen LogP) is 1.91. The van der Waals surface area contributed by atoms with Crippen molar-refractivity contribution in [1.29, 1.82) is 0 Å². The van der Waals surface area contributed by atoms with Crippen molar-refractivity contribution < 1.29 is 4.74 Å². The molecule has 1 heterocycles. The molecule has 0 spiro atoms. The summed E-state index contributed by atoms with van der Waals surface area (Å²) in [5, 5.41) is 0. The third kappa shape index (κ3) is 2.01. The summed E-state index contributed by atoms with van der Waals surface area (Å²) >= 11 is 0. The third-order valence-electron chi connectivity index (χ3n) is 2.36. The molecule has 0 radical (unpaired) electrons. The van der Waals surface area contributed by atoms with E-state index in [1.807, 2.05) is 6.07 Å². The fourth-order valence-corrected chi connectivity index (χ4v) is 1.69. The summed E-state index contributed by atoms with van der Waals surface area (Å²) < 4.78 is 5.49. The van der Waals surface area contributed by atoms with E-state index in [2.05, 4.69) is 36.1 Å². The highest BCUT2D eigenvalue weighted by atomic mass is 16.5. The standard InChI is InChI=1S/C11H15NO/c1-10-9-12(7-8-13-10)11-5-3-2-4-6-11/h2-6,10H,7-9H2,1H3. The van der Waals surface area contributed by atoms with Crippen molar-refractivity contribution in [3.05, 3.63) is 30.3 Å². The molecule has 1 aliphatic heterocycles. The minimum absolute atomic E-state index is 0.356. The molecule has 1 fully saturated rings. The number of rotatable bonds is 1. The molecule has 0 aliphatic carbocycles. The summed E-state index contributed by atoms with van der Waals surface area (Å²) in [7, 11) is 0. The molecule has 1 unspecified atom stereocenters. The van der Waals surface area contributed by atoms with E-state index in [1.165, 1.54) is 5.69 Å². The van der Waals surface area contributed by atoms with Crippen molar-refractivity contribution in [3.63, 3.8) is 0 Å². The molecule has 2 rings (SSSR count). The van der Waals surface area contributed by atoms with Gasteiger partial charge < -0.3 is 9.64 Å². The van der Waals surface area contributed by atoms with Gasteiger partial charge in [-0.1, -0.05) is 18.2 Å². The van der Waals surface area contributed by atoms with Crippen molar-refractivity contribution in [3.8, 4) is 0 Å². The first-order valence-corrected chi connectivity index (χ1v) is 4.78. The van der Waals surface area contributed by atoms with E-state index >= 15 is 0 Å². The van der Waals surface area contributed by atoms with Crippen LogP contribution in [-0.2, 0) is 4.74 Å². The second-order valence-corrected chi connectivity index (χ2v) is 3.46. The van der Waals surface area contributed by atoms with Crippen LogP contribution >= 0.6 is 0 Å². The molecule has 0 bridgehead atoms. The van der Waals surface area contributed by atoms with E-state index in [-0.39, 0.29) is 0 Å². The highest BCUT2D eigenvalue weighted by molar-refractivity contribution is 5.46. The average Bonchev–Trinajstić information content (AvgIpc) is 2.19. The lowest BCUT2D eigenvalue weighted by Gasteiger charge is -2.32. The Morgan fingerprint density at radius 3 is 2.77 bits per heavy atom. The van der Waals surface area contributed by atoms with Gasteiger partial charge in [0.15, 0.2) is 0 Å². The van der Waals surface area contributed by atoms with Crippen LogP contribution < -0.4 is 4.90 Å². The molecule has 13 heavy (non-hydrogen) atoms. The van der Waals surface area contributed by atoms with Crippen molar-refractivity contribution >= 4 is 5.69 Å². The normalized spacial score (nSPS) is 23.2. The average molecular weight is 177 g/mol. The summed E-state index contributed by atoms with van der Waals surface area (Å²) in [6, 6.07) is 10.5. The van der Waals surface area contributed by atoms with Gasteiger partial charge in [0.25, 0.3) is 0 Å². The van der Waals surface area contributed by atoms with Crippen LogP contribution in [0.2, 0.25) is 0 Å². The number of benzene rings is 1. The van der Waals surface area contributed by atoms with Gasteiger partial charge >= 0.3 is 0 Å². The maximum absolute atomic E-state index is 5.49. The lowest BCUT2D eigenvalue weighted by molar-refractivity contribution is 0.0532. The third-order valence-corrected chi connectivity index (χ3v) is 2.36. The largest absolute Gasteiger partial charge is 0.375 e. The van der Waals surface area contributed by atoms with E-state index in [9.17, 15) is 0 Å². The topological polar surface area (TPSA) is 12.5 Å². The van der Waals surface area contributed by atoms with Gasteiger partial charge in [0.05, 0.1) is 12.7 Å². The Morgan fingerprint density at radius 2 is 2.08 bits per heavy atom. The monoisotopic (exact) mass is 177 g/mol. The molecule has 0 saturated carbocycles. The van der Waals surface area contributed by atoms with Crippen LogP contribution in [0.1, 0.15) is 6.92 Å². The number of anilines is 1. The zero-order valence-electron chi connectivity index (χ0n) is 7.94. The van der Waals surface area contributed by atoms with Gasteiger partial charge in [0.1, 0.15) is 0 Å². The first kappa shape index (κ1) is 8.57. The molecule has 2 heteroatoms. The van der Waals surface area contributed by atoms with Gasteiger partial charge in [-0.15, -0.1) is 0 Å². The van der Waals surface area contributed by atoms with Crippen molar-refractivity contribution in [1.82, 2.24) is 0 Å². The Morgan fingerprint density at radius 1 is 1.31 bits per heavy atom. The van der Waals surface area contributed by atoms with E-state index in [4.69, 9.17) is 4.74 Å². The lowest BCUT2D eigenvalue weighted by Crippen LogP contribution is -2.41. The molecule has 2 nitrogen and oxygen atoms in total. The molecule has 0 N–H and O–H groups in total. The van der Waals surface area contributed by atoms with Gasteiger partial charge in [0, 0.05) is 18.8 Å². The molecule has 0 amide bonds. The van der Waals surface area contributed by atoms with Gasteiger partial charge in [-0.05, 0) is 19.1 Å². The Kier molecular flexibility index (Phi) is 2.50.